The van der Waals surface area contributed by atoms with Gasteiger partial charge in [-0.2, -0.15) is 0 Å². The third-order valence-corrected chi connectivity index (χ3v) is 3.31. The van der Waals surface area contributed by atoms with Crippen LogP contribution in [0, 0.1) is 11.8 Å². The number of aliphatic carboxylic acids is 2. The van der Waals surface area contributed by atoms with Crippen molar-refractivity contribution in [1.29, 1.82) is 0 Å². The first-order valence-corrected chi connectivity index (χ1v) is 10.1. The first-order chi connectivity index (χ1) is 12.5. The Bertz CT molecular complexity index is 384. The normalized spacial score (nSPS) is 9.48. The van der Waals surface area contributed by atoms with Gasteiger partial charge in [0, 0.05) is 37.6 Å². The van der Waals surface area contributed by atoms with Crippen molar-refractivity contribution < 1.29 is 56.0 Å². The summed E-state index contributed by atoms with van der Waals surface area (Å²) in [6.45, 7) is 13.5. The molecule has 8 nitrogen and oxygen atoms in total. The van der Waals surface area contributed by atoms with E-state index >= 15 is 0 Å². The van der Waals surface area contributed by atoms with E-state index < -0.39 is 44.7 Å². The monoisotopic (exact) mass is 424 g/mol. The molecule has 0 aromatic rings. The van der Waals surface area contributed by atoms with Crippen molar-refractivity contribution in [3.63, 3.8) is 0 Å². The molecule has 0 spiro atoms. The van der Waals surface area contributed by atoms with Gasteiger partial charge >= 0.3 is 79.3 Å². The molecule has 0 rings (SSSR count). The maximum atomic E-state index is 10.2. The maximum Gasteiger partial charge on any atom is 0.138 e. The minimum atomic E-state index is -1.29. The molecule has 0 aromatic carbocycles. The van der Waals surface area contributed by atoms with Gasteiger partial charge in [0.15, 0.2) is 0 Å². The van der Waals surface area contributed by atoms with Crippen molar-refractivity contribution in [3.05, 3.63) is 0 Å². The van der Waals surface area contributed by atoms with E-state index in [0.717, 1.165) is 13.2 Å². The van der Waals surface area contributed by atoms with Crippen LogP contribution in [-0.2, 0) is 45.7 Å². The molecule has 0 bridgehead atoms. The summed E-state index contributed by atoms with van der Waals surface area (Å²) in [5.41, 5.74) is 0. The molecule has 0 unspecified atom stereocenters. The van der Waals surface area contributed by atoms with Gasteiger partial charge in [-0.15, -0.1) is 0 Å². The van der Waals surface area contributed by atoms with Crippen LogP contribution in [0.3, 0.4) is 0 Å². The van der Waals surface area contributed by atoms with E-state index in [2.05, 4.69) is 27.7 Å². The fourth-order valence-corrected chi connectivity index (χ4v) is 2.40. The van der Waals surface area contributed by atoms with E-state index in [4.69, 9.17) is 6.64 Å². The van der Waals surface area contributed by atoms with E-state index in [1.807, 2.05) is 0 Å². The largest absolute Gasteiger partial charge is 0.550 e. The maximum absolute atomic E-state index is 10.2. The molecule has 0 aliphatic rings. The van der Waals surface area contributed by atoms with Crippen LogP contribution in [0.2, 0.25) is 0 Å². The Hall–Kier alpha value is -1.09. The second kappa shape index (κ2) is 21.2. The van der Waals surface area contributed by atoms with Crippen LogP contribution in [0.4, 0.5) is 0 Å². The van der Waals surface area contributed by atoms with E-state index in [0.29, 0.717) is 11.8 Å². The van der Waals surface area contributed by atoms with Gasteiger partial charge in [-0.05, 0) is 0 Å². The first kappa shape index (κ1) is 30.6. The Morgan fingerprint density at radius 1 is 0.741 bits per heavy atom. The van der Waals surface area contributed by atoms with Gasteiger partial charge in [-0.3, -0.25) is 9.59 Å². The zero-order chi connectivity index (χ0) is 21.8. The average Bonchev–Trinajstić information content (AvgIpc) is 2.53. The summed E-state index contributed by atoms with van der Waals surface area (Å²) in [5, 5.41) is 19.3. The Labute approximate surface area is 171 Å². The van der Waals surface area contributed by atoms with Crippen molar-refractivity contribution in [2.24, 2.45) is 11.8 Å². The standard InChI is InChI=1S/2C5H8O3.2C4H9O.Ti/c2*1-2-4(6)3-5(7)8;2*1-4(2)3-5;/h2*2-3H2,1H3,(H,7,8);2*4H,3H2,1-2H3;/q;;2*-1;+4/p-2. The van der Waals surface area contributed by atoms with Gasteiger partial charge in [0.1, 0.15) is 11.6 Å². The van der Waals surface area contributed by atoms with Crippen LogP contribution in [0.1, 0.15) is 67.2 Å². The number of hydrogen-bond donors (Lipinski definition) is 0. The Morgan fingerprint density at radius 2 is 1.04 bits per heavy atom. The fourth-order valence-electron chi connectivity index (χ4n) is 1.02. The molecular weight excluding hydrogens is 392 g/mol. The Morgan fingerprint density at radius 3 is 1.19 bits per heavy atom. The van der Waals surface area contributed by atoms with Gasteiger partial charge in [-0.25, -0.2) is 0 Å². The molecule has 27 heavy (non-hydrogen) atoms. The molecule has 9 heteroatoms. The Kier molecular flexibility index (Phi) is 24.1. The predicted molar refractivity (Wildman–Crippen MR) is 91.4 cm³/mol. The molecule has 156 valence electrons. The molecule has 0 aliphatic heterocycles. The number of carboxylic acid groups (broad SMARTS) is 2. The van der Waals surface area contributed by atoms with E-state index in [-0.39, 0.29) is 24.4 Å². The van der Waals surface area contributed by atoms with E-state index in [1.165, 1.54) is 0 Å². The number of hydrogen-bond acceptors (Lipinski definition) is 8. The molecule has 0 saturated heterocycles. The SMILES string of the molecule is CC(C)C[O][Ti+2][O]CC(C)C.CCC(=O)CC(=O)[O-].CCC(=O)CC(=O)[O-]. The second-order valence-electron chi connectivity index (χ2n) is 6.38. The fraction of sp³-hybridized carbons (Fsp3) is 0.778. The Balaban J connectivity index is -0.000000327. The minimum Gasteiger partial charge on any atom is -0.550 e. The number of Topliss-reactive ketones (excluding diaryl/α,β-unsaturated/α-hetero) is 2. The summed E-state index contributed by atoms with van der Waals surface area (Å²) in [4.78, 5) is 39.7. The second-order valence-corrected chi connectivity index (χ2v) is 7.54. The molecule has 0 fully saturated rings. The molecule has 0 atom stereocenters. The van der Waals surface area contributed by atoms with Crippen LogP contribution < -0.4 is 10.2 Å². The quantitative estimate of drug-likeness (QED) is 0.251. The zero-order valence-electron chi connectivity index (χ0n) is 17.2. The van der Waals surface area contributed by atoms with Crippen molar-refractivity contribution in [3.8, 4) is 0 Å². The van der Waals surface area contributed by atoms with Crippen LogP contribution >= 0.6 is 0 Å². The van der Waals surface area contributed by atoms with Gasteiger partial charge in [0.2, 0.25) is 0 Å². The summed E-state index contributed by atoms with van der Waals surface area (Å²) in [5.74, 6) is -1.91. The zero-order valence-corrected chi connectivity index (χ0v) is 18.7. The van der Waals surface area contributed by atoms with Crippen molar-refractivity contribution in [2.75, 3.05) is 13.2 Å². The number of carbonyl (C=O) groups is 4. The molecule has 0 saturated carbocycles. The number of carboxylic acids is 2. The molecule has 0 heterocycles. The molecule has 0 N–H and O–H groups in total. The van der Waals surface area contributed by atoms with E-state index in [9.17, 15) is 29.4 Å². The minimum absolute atomic E-state index is 0.272. The number of ketones is 2. The molecule has 0 radical (unpaired) electrons. The molecule has 0 aromatic heterocycles. The summed E-state index contributed by atoms with van der Waals surface area (Å²) in [7, 11) is 0. The molecule has 0 amide bonds. The summed E-state index contributed by atoms with van der Waals surface area (Å²) < 4.78 is 10.7. The van der Waals surface area contributed by atoms with Crippen molar-refractivity contribution >= 4 is 23.5 Å². The van der Waals surface area contributed by atoms with Crippen molar-refractivity contribution in [2.45, 2.75) is 67.2 Å². The summed E-state index contributed by atoms with van der Waals surface area (Å²) in [6.07, 6.45) is -0.352. The molecule has 0 aliphatic carbocycles. The van der Waals surface area contributed by atoms with Crippen LogP contribution in [0.15, 0.2) is 0 Å². The average molecular weight is 424 g/mol. The third-order valence-electron chi connectivity index (χ3n) is 2.42. The van der Waals surface area contributed by atoms with Crippen LogP contribution in [0.5, 0.6) is 0 Å². The first-order valence-electron chi connectivity index (χ1n) is 8.87. The van der Waals surface area contributed by atoms with E-state index in [1.54, 1.807) is 13.8 Å². The number of rotatable bonds is 12. The van der Waals surface area contributed by atoms with Gasteiger partial charge in [0.25, 0.3) is 0 Å². The smallest absolute Gasteiger partial charge is 0.138 e. The van der Waals surface area contributed by atoms with Crippen molar-refractivity contribution in [1.82, 2.24) is 0 Å². The predicted octanol–water partition coefficient (Wildman–Crippen LogP) is 0.455. The van der Waals surface area contributed by atoms with Crippen LogP contribution in [-0.4, -0.2) is 36.7 Å². The third kappa shape index (κ3) is 36.6. The van der Waals surface area contributed by atoms with Gasteiger partial charge in [-0.1, -0.05) is 13.8 Å². The summed E-state index contributed by atoms with van der Waals surface area (Å²) >= 11 is -0.563. The van der Waals surface area contributed by atoms with Crippen LogP contribution in [0.25, 0.3) is 0 Å². The molecular formula is C18H32O8Ti. The number of carbonyl (C=O) groups excluding carboxylic acids is 4. The topological polar surface area (TPSA) is 133 Å². The summed E-state index contributed by atoms with van der Waals surface area (Å²) in [6, 6.07) is 0. The van der Waals surface area contributed by atoms with Gasteiger partial charge < -0.3 is 19.8 Å². The van der Waals surface area contributed by atoms with Gasteiger partial charge in [0.05, 0.1) is 0 Å².